The van der Waals surface area contributed by atoms with Crippen molar-refractivity contribution < 1.29 is 13.9 Å². The van der Waals surface area contributed by atoms with E-state index < -0.39 is 5.63 Å². The highest BCUT2D eigenvalue weighted by molar-refractivity contribution is 9.10. The molecule has 0 saturated heterocycles. The van der Waals surface area contributed by atoms with Gasteiger partial charge in [0.15, 0.2) is 6.61 Å². The summed E-state index contributed by atoms with van der Waals surface area (Å²) in [7, 11) is 0. The molecule has 1 N–H and O–H groups in total. The molecule has 0 spiro atoms. The van der Waals surface area contributed by atoms with Gasteiger partial charge in [-0.2, -0.15) is 5.10 Å². The van der Waals surface area contributed by atoms with E-state index in [0.717, 1.165) is 32.4 Å². The monoisotopic (exact) mass is 529 g/mol. The number of carbonyl (C=O) groups excluding carboxylic acids is 1. The minimum absolute atomic E-state index is 0.224. The van der Waals surface area contributed by atoms with Crippen molar-refractivity contribution in [2.24, 2.45) is 0 Å². The highest BCUT2D eigenvalue weighted by atomic mass is 79.9. The number of benzene rings is 3. The van der Waals surface area contributed by atoms with Gasteiger partial charge in [0.1, 0.15) is 17.2 Å². The Morgan fingerprint density at radius 3 is 2.57 bits per heavy atom. The summed E-state index contributed by atoms with van der Waals surface area (Å²) in [6, 6.07) is 25.7. The van der Waals surface area contributed by atoms with E-state index in [1.165, 1.54) is 6.07 Å². The van der Waals surface area contributed by atoms with Gasteiger partial charge in [0, 0.05) is 28.1 Å². The molecule has 5 rings (SSSR count). The van der Waals surface area contributed by atoms with Crippen molar-refractivity contribution in [3.8, 4) is 22.6 Å². The third kappa shape index (κ3) is 5.02. The van der Waals surface area contributed by atoms with E-state index in [2.05, 4.69) is 26.3 Å². The molecule has 5 aromatic rings. The summed E-state index contributed by atoms with van der Waals surface area (Å²) in [6.45, 7) is 1.63. The summed E-state index contributed by atoms with van der Waals surface area (Å²) in [6.07, 6.45) is 0. The molecule has 3 aromatic carbocycles. The molecule has 0 aliphatic carbocycles. The largest absolute Gasteiger partial charge is 0.484 e. The zero-order chi connectivity index (χ0) is 24.4. The van der Waals surface area contributed by atoms with Crippen LogP contribution >= 0.6 is 15.9 Å². The smallest absolute Gasteiger partial charge is 0.336 e. The number of ether oxygens (including phenoxy) is 1. The van der Waals surface area contributed by atoms with Crippen LogP contribution in [0.25, 0.3) is 27.8 Å². The van der Waals surface area contributed by atoms with E-state index in [0.29, 0.717) is 17.2 Å². The zero-order valence-electron chi connectivity index (χ0n) is 18.7. The lowest BCUT2D eigenvalue weighted by Crippen LogP contribution is -2.21. The summed E-state index contributed by atoms with van der Waals surface area (Å²) in [5, 5.41) is 8.08. The highest BCUT2D eigenvalue weighted by Gasteiger charge is 2.13. The van der Waals surface area contributed by atoms with Crippen LogP contribution in [-0.4, -0.2) is 22.3 Å². The molecule has 0 atom stereocenters. The lowest BCUT2D eigenvalue weighted by Gasteiger charge is -2.11. The van der Waals surface area contributed by atoms with Gasteiger partial charge in [-0.25, -0.2) is 9.48 Å². The molecule has 2 heterocycles. The standard InChI is InChI=1S/C27H20BrN3O4/c1-17-13-25(31(30-17)20-9-7-19(28)8-10-20)29-26(32)16-34-21-11-12-22-23(18-5-3-2-4-6-18)15-27(33)35-24(22)14-21/h2-15H,16H2,1H3,(H,29,32). The number of carbonyl (C=O) groups is 1. The number of hydrogen-bond acceptors (Lipinski definition) is 5. The summed E-state index contributed by atoms with van der Waals surface area (Å²) in [5.74, 6) is 0.608. The Kier molecular flexibility index (Phi) is 6.20. The topological polar surface area (TPSA) is 86.4 Å². The van der Waals surface area contributed by atoms with Crippen molar-refractivity contribution in [1.82, 2.24) is 9.78 Å². The SMILES string of the molecule is Cc1cc(NC(=O)COc2ccc3c(-c4ccccc4)cc(=O)oc3c2)n(-c2ccc(Br)cc2)n1. The zero-order valence-corrected chi connectivity index (χ0v) is 20.3. The van der Waals surface area contributed by atoms with Gasteiger partial charge in [0.2, 0.25) is 0 Å². The molecule has 0 aliphatic heterocycles. The van der Waals surface area contributed by atoms with Gasteiger partial charge >= 0.3 is 5.63 Å². The Balaban J connectivity index is 1.33. The maximum Gasteiger partial charge on any atom is 0.336 e. The van der Waals surface area contributed by atoms with Crippen LogP contribution in [0.15, 0.2) is 98.6 Å². The van der Waals surface area contributed by atoms with Crippen LogP contribution in [0, 0.1) is 6.92 Å². The van der Waals surface area contributed by atoms with Crippen molar-refractivity contribution in [2.45, 2.75) is 6.92 Å². The molecular formula is C27H20BrN3O4. The van der Waals surface area contributed by atoms with Crippen molar-refractivity contribution in [3.63, 3.8) is 0 Å². The second-order valence-corrected chi connectivity index (χ2v) is 8.81. The fourth-order valence-corrected chi connectivity index (χ4v) is 4.05. The number of nitrogens with one attached hydrogen (secondary N) is 1. The summed E-state index contributed by atoms with van der Waals surface area (Å²) in [5.41, 5.74) is 3.20. The molecule has 35 heavy (non-hydrogen) atoms. The molecule has 0 saturated carbocycles. The number of rotatable bonds is 6. The number of halogens is 1. The molecule has 0 unspecified atom stereocenters. The quantitative estimate of drug-likeness (QED) is 0.283. The van der Waals surface area contributed by atoms with Gasteiger partial charge in [-0.1, -0.05) is 46.3 Å². The first-order valence-corrected chi connectivity index (χ1v) is 11.6. The van der Waals surface area contributed by atoms with Crippen LogP contribution in [0.2, 0.25) is 0 Å². The predicted octanol–water partition coefficient (Wildman–Crippen LogP) is 5.73. The van der Waals surface area contributed by atoms with Gasteiger partial charge in [-0.3, -0.25) is 4.79 Å². The first-order chi connectivity index (χ1) is 17.0. The molecule has 0 radical (unpaired) electrons. The minimum Gasteiger partial charge on any atom is -0.484 e. The lowest BCUT2D eigenvalue weighted by molar-refractivity contribution is -0.118. The number of aromatic nitrogens is 2. The first kappa shape index (κ1) is 22.6. The number of fused-ring (bicyclic) bond motifs is 1. The van der Waals surface area contributed by atoms with Crippen molar-refractivity contribution in [3.05, 3.63) is 106 Å². The third-order valence-electron chi connectivity index (χ3n) is 5.34. The van der Waals surface area contributed by atoms with Gasteiger partial charge in [0.05, 0.1) is 11.4 Å². The average molecular weight is 530 g/mol. The summed E-state index contributed by atoms with van der Waals surface area (Å²) in [4.78, 5) is 24.8. The van der Waals surface area contributed by atoms with Crippen LogP contribution in [0.4, 0.5) is 5.82 Å². The fraction of sp³-hybridized carbons (Fsp3) is 0.0741. The Bertz CT molecular complexity index is 1570. The number of anilines is 1. The van der Waals surface area contributed by atoms with E-state index >= 15 is 0 Å². The highest BCUT2D eigenvalue weighted by Crippen LogP contribution is 2.29. The van der Waals surface area contributed by atoms with Gasteiger partial charge in [0.25, 0.3) is 5.91 Å². The number of nitrogens with zero attached hydrogens (tertiary/aromatic N) is 2. The van der Waals surface area contributed by atoms with Gasteiger partial charge < -0.3 is 14.5 Å². The van der Waals surface area contributed by atoms with Crippen LogP contribution < -0.4 is 15.7 Å². The Hall–Kier alpha value is -4.17. The minimum atomic E-state index is -0.456. The molecular weight excluding hydrogens is 510 g/mol. The van der Waals surface area contributed by atoms with Crippen LogP contribution in [0.5, 0.6) is 5.75 Å². The molecule has 8 heteroatoms. The summed E-state index contributed by atoms with van der Waals surface area (Å²) >= 11 is 3.42. The van der Waals surface area contributed by atoms with E-state index in [9.17, 15) is 9.59 Å². The second-order valence-electron chi connectivity index (χ2n) is 7.90. The second kappa shape index (κ2) is 9.60. The number of hydrogen-bond donors (Lipinski definition) is 1. The lowest BCUT2D eigenvalue weighted by atomic mass is 10.0. The Morgan fingerprint density at radius 2 is 1.80 bits per heavy atom. The molecule has 1 amide bonds. The molecule has 0 aliphatic rings. The third-order valence-corrected chi connectivity index (χ3v) is 5.87. The van der Waals surface area contributed by atoms with E-state index in [-0.39, 0.29) is 12.5 Å². The molecule has 174 valence electrons. The Morgan fingerprint density at radius 1 is 1.03 bits per heavy atom. The first-order valence-electron chi connectivity index (χ1n) is 10.8. The molecule has 7 nitrogen and oxygen atoms in total. The average Bonchev–Trinajstić information content (AvgIpc) is 3.22. The van der Waals surface area contributed by atoms with E-state index in [1.54, 1.807) is 22.9 Å². The number of aryl methyl sites for hydroxylation is 1. The van der Waals surface area contributed by atoms with Gasteiger partial charge in [-0.15, -0.1) is 0 Å². The molecule has 0 fully saturated rings. The van der Waals surface area contributed by atoms with Crippen molar-refractivity contribution in [1.29, 1.82) is 0 Å². The predicted molar refractivity (Wildman–Crippen MR) is 138 cm³/mol. The van der Waals surface area contributed by atoms with Crippen molar-refractivity contribution >= 4 is 38.6 Å². The Labute approximate surface area is 209 Å². The van der Waals surface area contributed by atoms with Gasteiger partial charge in [-0.05, 0) is 54.4 Å². The number of amides is 1. The van der Waals surface area contributed by atoms with Crippen LogP contribution in [0.3, 0.4) is 0 Å². The summed E-state index contributed by atoms with van der Waals surface area (Å²) < 4.78 is 13.7. The van der Waals surface area contributed by atoms with Crippen LogP contribution in [-0.2, 0) is 4.79 Å². The molecule has 0 bridgehead atoms. The van der Waals surface area contributed by atoms with Crippen LogP contribution in [0.1, 0.15) is 5.69 Å². The normalized spacial score (nSPS) is 10.9. The molecule has 2 aromatic heterocycles. The maximum atomic E-state index is 12.6. The maximum absolute atomic E-state index is 12.6. The van der Waals surface area contributed by atoms with Crippen molar-refractivity contribution in [2.75, 3.05) is 11.9 Å². The van der Waals surface area contributed by atoms with E-state index in [1.807, 2.05) is 67.6 Å². The van der Waals surface area contributed by atoms with E-state index in [4.69, 9.17) is 9.15 Å². The fourth-order valence-electron chi connectivity index (χ4n) is 3.78.